The maximum absolute atomic E-state index is 12.4. The van der Waals surface area contributed by atoms with Crippen LogP contribution in [0.2, 0.25) is 0 Å². The standard InChI is InChI=1S/C17H17N3O2S/c1-4-22-12-6-8-14-15(9-12)23-17(19-14)20-16(21)13-7-5-10(2)18-11(13)3/h5-9H,4H2,1-3H3,(H,19,20,21). The van der Waals surface area contributed by atoms with Crippen LogP contribution in [0.25, 0.3) is 10.2 Å². The van der Waals surface area contributed by atoms with Gasteiger partial charge in [-0.2, -0.15) is 0 Å². The number of nitrogens with zero attached hydrogens (tertiary/aromatic N) is 2. The van der Waals surface area contributed by atoms with Gasteiger partial charge in [0, 0.05) is 5.69 Å². The third-order valence-corrected chi connectivity index (χ3v) is 4.29. The minimum Gasteiger partial charge on any atom is -0.494 e. The lowest BCUT2D eigenvalue weighted by Gasteiger charge is -2.05. The fourth-order valence-corrected chi connectivity index (χ4v) is 3.20. The maximum atomic E-state index is 12.4. The predicted octanol–water partition coefficient (Wildman–Crippen LogP) is 3.96. The van der Waals surface area contributed by atoms with Gasteiger partial charge in [-0.25, -0.2) is 4.98 Å². The first-order chi connectivity index (χ1) is 11.1. The molecular formula is C17H17N3O2S. The Morgan fingerprint density at radius 1 is 1.22 bits per heavy atom. The smallest absolute Gasteiger partial charge is 0.259 e. The van der Waals surface area contributed by atoms with E-state index in [1.165, 1.54) is 11.3 Å². The normalized spacial score (nSPS) is 10.7. The van der Waals surface area contributed by atoms with Crippen LogP contribution in [0.5, 0.6) is 5.75 Å². The van der Waals surface area contributed by atoms with Crippen molar-refractivity contribution < 1.29 is 9.53 Å². The zero-order valence-electron chi connectivity index (χ0n) is 13.2. The van der Waals surface area contributed by atoms with Crippen LogP contribution in [0.4, 0.5) is 5.13 Å². The highest BCUT2D eigenvalue weighted by molar-refractivity contribution is 7.22. The Kier molecular flexibility index (Phi) is 4.25. The maximum Gasteiger partial charge on any atom is 0.259 e. The van der Waals surface area contributed by atoms with Crippen molar-refractivity contribution in [3.63, 3.8) is 0 Å². The van der Waals surface area contributed by atoms with Crippen LogP contribution in [0.3, 0.4) is 0 Å². The average molecular weight is 327 g/mol. The largest absolute Gasteiger partial charge is 0.494 e. The zero-order valence-corrected chi connectivity index (χ0v) is 14.0. The number of carbonyl (C=O) groups excluding carboxylic acids is 1. The highest BCUT2D eigenvalue weighted by atomic mass is 32.1. The van der Waals surface area contributed by atoms with E-state index in [-0.39, 0.29) is 5.91 Å². The Morgan fingerprint density at radius 2 is 2.04 bits per heavy atom. The van der Waals surface area contributed by atoms with Gasteiger partial charge in [0.2, 0.25) is 0 Å². The van der Waals surface area contributed by atoms with Gasteiger partial charge in [0.1, 0.15) is 5.75 Å². The van der Waals surface area contributed by atoms with Crippen molar-refractivity contribution in [2.45, 2.75) is 20.8 Å². The number of amides is 1. The number of carbonyl (C=O) groups is 1. The number of hydrogen-bond acceptors (Lipinski definition) is 5. The Balaban J connectivity index is 1.84. The van der Waals surface area contributed by atoms with E-state index in [1.807, 2.05) is 45.0 Å². The third kappa shape index (κ3) is 3.32. The van der Waals surface area contributed by atoms with Gasteiger partial charge in [-0.1, -0.05) is 11.3 Å². The summed E-state index contributed by atoms with van der Waals surface area (Å²) in [4.78, 5) is 21.1. The quantitative estimate of drug-likeness (QED) is 0.788. The third-order valence-electron chi connectivity index (χ3n) is 3.36. The molecule has 118 valence electrons. The molecule has 5 nitrogen and oxygen atoms in total. The highest BCUT2D eigenvalue weighted by Crippen LogP contribution is 2.29. The Bertz CT molecular complexity index is 873. The van der Waals surface area contributed by atoms with Crippen LogP contribution in [0.1, 0.15) is 28.7 Å². The van der Waals surface area contributed by atoms with Gasteiger partial charge < -0.3 is 4.74 Å². The molecule has 1 amide bonds. The van der Waals surface area contributed by atoms with Gasteiger partial charge in [0.15, 0.2) is 5.13 Å². The van der Waals surface area contributed by atoms with E-state index in [2.05, 4.69) is 15.3 Å². The number of aromatic nitrogens is 2. The molecule has 23 heavy (non-hydrogen) atoms. The number of fused-ring (bicyclic) bond motifs is 1. The first-order valence-corrected chi connectivity index (χ1v) is 8.17. The fraction of sp³-hybridized carbons (Fsp3) is 0.235. The van der Waals surface area contributed by atoms with Gasteiger partial charge in [0.05, 0.1) is 28.1 Å². The number of thiazole rings is 1. The van der Waals surface area contributed by atoms with Crippen LogP contribution in [0, 0.1) is 13.8 Å². The molecule has 0 saturated carbocycles. The lowest BCUT2D eigenvalue weighted by molar-refractivity contribution is 0.102. The van der Waals surface area contributed by atoms with Crippen LogP contribution < -0.4 is 10.1 Å². The van der Waals surface area contributed by atoms with Crippen LogP contribution in [-0.4, -0.2) is 22.5 Å². The predicted molar refractivity (Wildman–Crippen MR) is 92.5 cm³/mol. The van der Waals surface area contributed by atoms with Crippen LogP contribution in [0.15, 0.2) is 30.3 Å². The Hall–Kier alpha value is -2.47. The molecule has 0 unspecified atom stereocenters. The molecule has 2 heterocycles. The molecule has 0 spiro atoms. The average Bonchev–Trinajstić information content (AvgIpc) is 2.88. The topological polar surface area (TPSA) is 64.1 Å². The minimum atomic E-state index is -0.195. The molecule has 2 aromatic heterocycles. The number of ether oxygens (including phenoxy) is 1. The number of anilines is 1. The summed E-state index contributed by atoms with van der Waals surface area (Å²) in [5.74, 6) is 0.610. The molecule has 0 aliphatic heterocycles. The molecule has 0 atom stereocenters. The van der Waals surface area contributed by atoms with Crippen molar-refractivity contribution in [1.82, 2.24) is 9.97 Å². The minimum absolute atomic E-state index is 0.195. The molecule has 1 N–H and O–H groups in total. The van der Waals surface area contributed by atoms with Crippen molar-refractivity contribution >= 4 is 32.6 Å². The van der Waals surface area contributed by atoms with E-state index < -0.39 is 0 Å². The molecule has 1 aromatic carbocycles. The van der Waals surface area contributed by atoms with E-state index >= 15 is 0 Å². The monoisotopic (exact) mass is 327 g/mol. The summed E-state index contributed by atoms with van der Waals surface area (Å²) in [5.41, 5.74) is 3.00. The molecule has 3 rings (SSSR count). The molecule has 0 bridgehead atoms. The first kappa shape index (κ1) is 15.4. The Morgan fingerprint density at radius 3 is 2.78 bits per heavy atom. The van der Waals surface area contributed by atoms with Crippen molar-refractivity contribution in [2.75, 3.05) is 11.9 Å². The second kappa shape index (κ2) is 6.34. The fourth-order valence-electron chi connectivity index (χ4n) is 2.31. The summed E-state index contributed by atoms with van der Waals surface area (Å²) in [5, 5.41) is 3.42. The summed E-state index contributed by atoms with van der Waals surface area (Å²) in [6, 6.07) is 9.32. The van der Waals surface area contributed by atoms with E-state index in [4.69, 9.17) is 4.74 Å². The lowest BCUT2D eigenvalue weighted by Crippen LogP contribution is -2.14. The summed E-state index contributed by atoms with van der Waals surface area (Å²) in [6.07, 6.45) is 0. The first-order valence-electron chi connectivity index (χ1n) is 7.36. The van der Waals surface area contributed by atoms with Gasteiger partial charge >= 0.3 is 0 Å². The second-order valence-electron chi connectivity index (χ2n) is 5.12. The highest BCUT2D eigenvalue weighted by Gasteiger charge is 2.13. The molecule has 3 aromatic rings. The van der Waals surface area contributed by atoms with Crippen molar-refractivity contribution in [3.05, 3.63) is 47.3 Å². The van der Waals surface area contributed by atoms with Gasteiger partial charge in [0.25, 0.3) is 5.91 Å². The van der Waals surface area contributed by atoms with E-state index in [0.29, 0.717) is 23.0 Å². The zero-order chi connectivity index (χ0) is 16.4. The number of nitrogens with one attached hydrogen (secondary N) is 1. The van der Waals surface area contributed by atoms with Crippen LogP contribution >= 0.6 is 11.3 Å². The molecule has 0 aliphatic rings. The molecule has 0 aliphatic carbocycles. The van der Waals surface area contributed by atoms with Crippen LogP contribution in [-0.2, 0) is 0 Å². The SMILES string of the molecule is CCOc1ccc2nc(NC(=O)c3ccc(C)nc3C)sc2c1. The number of rotatable bonds is 4. The number of hydrogen-bond donors (Lipinski definition) is 1. The van der Waals surface area contributed by atoms with Crippen molar-refractivity contribution in [3.8, 4) is 5.75 Å². The molecular weight excluding hydrogens is 310 g/mol. The molecule has 0 fully saturated rings. The summed E-state index contributed by atoms with van der Waals surface area (Å²) >= 11 is 1.43. The Labute approximate surface area is 138 Å². The van der Waals surface area contributed by atoms with E-state index in [1.54, 1.807) is 6.07 Å². The molecule has 0 radical (unpaired) electrons. The number of pyridine rings is 1. The lowest BCUT2D eigenvalue weighted by atomic mass is 10.2. The molecule has 6 heteroatoms. The van der Waals surface area contributed by atoms with E-state index in [0.717, 1.165) is 21.7 Å². The summed E-state index contributed by atoms with van der Waals surface area (Å²) in [7, 11) is 0. The summed E-state index contributed by atoms with van der Waals surface area (Å²) in [6.45, 7) is 6.29. The van der Waals surface area contributed by atoms with E-state index in [9.17, 15) is 4.79 Å². The van der Waals surface area contributed by atoms with Gasteiger partial charge in [-0.3, -0.25) is 15.1 Å². The number of benzene rings is 1. The second-order valence-corrected chi connectivity index (χ2v) is 6.15. The van der Waals surface area contributed by atoms with Gasteiger partial charge in [-0.15, -0.1) is 0 Å². The summed E-state index contributed by atoms with van der Waals surface area (Å²) < 4.78 is 6.46. The van der Waals surface area contributed by atoms with Crippen molar-refractivity contribution in [1.29, 1.82) is 0 Å². The number of aryl methyl sites for hydroxylation is 2. The van der Waals surface area contributed by atoms with Gasteiger partial charge in [-0.05, 0) is 51.1 Å². The molecule has 0 saturated heterocycles. The van der Waals surface area contributed by atoms with Crippen molar-refractivity contribution in [2.24, 2.45) is 0 Å².